The normalized spacial score (nSPS) is 13.4. The highest BCUT2D eigenvalue weighted by Crippen LogP contribution is 2.30. The molecule has 10 heteroatoms. The van der Waals surface area contributed by atoms with E-state index in [9.17, 15) is 14.4 Å². The van der Waals surface area contributed by atoms with E-state index in [1.165, 1.54) is 18.2 Å². The smallest absolute Gasteiger partial charge is 0.305 e. The number of benzene rings is 3. The molecule has 1 aliphatic carbocycles. The van der Waals surface area contributed by atoms with Gasteiger partial charge in [-0.1, -0.05) is 65.7 Å². The number of halogens is 2. The van der Waals surface area contributed by atoms with Crippen molar-refractivity contribution in [2.75, 3.05) is 0 Å². The second-order valence-corrected chi connectivity index (χ2v) is 10.0. The fraction of sp³-hybridized carbons (Fsp3) is 0.133. The Morgan fingerprint density at radius 3 is 2.25 bits per heavy atom. The van der Waals surface area contributed by atoms with E-state index in [-0.39, 0.29) is 22.3 Å². The van der Waals surface area contributed by atoms with Crippen LogP contribution in [-0.2, 0) is 6.42 Å². The molecule has 3 aromatic carbocycles. The number of fused-ring (bicyclic) bond motifs is 1. The number of nitrogens with one attached hydrogen (secondary N) is 3. The van der Waals surface area contributed by atoms with Crippen molar-refractivity contribution < 1.29 is 18.8 Å². The summed E-state index contributed by atoms with van der Waals surface area (Å²) in [5, 5.41) is 4.91. The van der Waals surface area contributed by atoms with Gasteiger partial charge in [-0.05, 0) is 61.2 Å². The minimum absolute atomic E-state index is 0.0462. The van der Waals surface area contributed by atoms with E-state index in [2.05, 4.69) is 21.4 Å². The summed E-state index contributed by atoms with van der Waals surface area (Å²) in [5.41, 5.74) is 11.9. The van der Waals surface area contributed by atoms with Crippen LogP contribution in [0.25, 0.3) is 11.1 Å². The summed E-state index contributed by atoms with van der Waals surface area (Å²) in [6, 6.07) is 21.6. The van der Waals surface area contributed by atoms with Crippen molar-refractivity contribution in [2.24, 2.45) is 5.10 Å². The lowest BCUT2D eigenvalue weighted by Crippen LogP contribution is -2.41. The fourth-order valence-electron chi connectivity index (χ4n) is 4.54. The Labute approximate surface area is 240 Å². The zero-order valence-electron chi connectivity index (χ0n) is 21.4. The number of hydrogen-bond acceptors (Lipinski definition) is 5. The van der Waals surface area contributed by atoms with Crippen LogP contribution in [0.15, 0.2) is 82.3 Å². The first-order chi connectivity index (χ1) is 19.3. The molecule has 0 radical (unpaired) electrons. The molecule has 5 rings (SSSR count). The first-order valence-corrected chi connectivity index (χ1v) is 13.3. The van der Waals surface area contributed by atoms with Gasteiger partial charge in [0.2, 0.25) is 0 Å². The average molecular weight is 575 g/mol. The molecule has 4 aromatic rings. The molecule has 1 aliphatic rings. The Balaban J connectivity index is 1.27. The van der Waals surface area contributed by atoms with Crippen molar-refractivity contribution in [1.29, 1.82) is 0 Å². The zero-order valence-corrected chi connectivity index (χ0v) is 22.9. The summed E-state index contributed by atoms with van der Waals surface area (Å²) in [5.74, 6) is -0.939. The number of amides is 3. The summed E-state index contributed by atoms with van der Waals surface area (Å²) >= 11 is 11.9. The van der Waals surface area contributed by atoms with Gasteiger partial charge in [0.1, 0.15) is 5.76 Å². The van der Waals surface area contributed by atoms with Gasteiger partial charge in [0, 0.05) is 28.1 Å². The number of hydrazone groups is 1. The molecule has 1 heterocycles. The monoisotopic (exact) mass is 574 g/mol. The third kappa shape index (κ3) is 5.78. The highest BCUT2D eigenvalue weighted by Gasteiger charge is 2.28. The molecule has 0 spiro atoms. The van der Waals surface area contributed by atoms with Crippen molar-refractivity contribution in [1.82, 2.24) is 16.3 Å². The number of aryl methyl sites for hydroxylation is 1. The van der Waals surface area contributed by atoms with E-state index in [1.54, 1.807) is 19.1 Å². The molecular formula is C30H24Cl2N4O4. The van der Waals surface area contributed by atoms with Gasteiger partial charge in [-0.15, -0.1) is 0 Å². The van der Waals surface area contributed by atoms with Gasteiger partial charge in [-0.25, -0.2) is 5.43 Å². The minimum atomic E-state index is -0.632. The van der Waals surface area contributed by atoms with Gasteiger partial charge in [-0.2, -0.15) is 5.10 Å². The van der Waals surface area contributed by atoms with Gasteiger partial charge in [0.15, 0.2) is 5.76 Å². The third-order valence-corrected chi connectivity index (χ3v) is 7.09. The maximum Gasteiger partial charge on any atom is 0.305 e. The average Bonchev–Trinajstić information content (AvgIpc) is 3.32. The molecule has 40 heavy (non-hydrogen) atoms. The summed E-state index contributed by atoms with van der Waals surface area (Å²) in [4.78, 5) is 38.1. The summed E-state index contributed by atoms with van der Waals surface area (Å²) in [6.45, 7) is 1.74. The SMILES string of the molecule is Cc1c(C(=O)NNC(=O)c2ccc(Cl)cc2Cl)oc2c1/C(=N/NC(=O)c1ccc(-c3ccccc3)cc1)CCC2. The van der Waals surface area contributed by atoms with Crippen LogP contribution in [0.2, 0.25) is 10.0 Å². The molecular weight excluding hydrogens is 551 g/mol. The highest BCUT2D eigenvalue weighted by molar-refractivity contribution is 6.36. The van der Waals surface area contributed by atoms with Crippen LogP contribution < -0.4 is 16.3 Å². The van der Waals surface area contributed by atoms with Crippen LogP contribution in [0.4, 0.5) is 0 Å². The Morgan fingerprint density at radius 2 is 1.52 bits per heavy atom. The first kappa shape index (κ1) is 27.2. The van der Waals surface area contributed by atoms with Gasteiger partial charge in [0.05, 0.1) is 16.3 Å². The lowest BCUT2D eigenvalue weighted by Gasteiger charge is -2.13. The van der Waals surface area contributed by atoms with Gasteiger partial charge in [0.25, 0.3) is 11.8 Å². The van der Waals surface area contributed by atoms with E-state index < -0.39 is 11.8 Å². The quantitative estimate of drug-likeness (QED) is 0.250. The Morgan fingerprint density at radius 1 is 0.825 bits per heavy atom. The molecule has 0 bridgehead atoms. The van der Waals surface area contributed by atoms with Crippen molar-refractivity contribution in [3.8, 4) is 11.1 Å². The first-order valence-electron chi connectivity index (χ1n) is 12.5. The van der Waals surface area contributed by atoms with Crippen LogP contribution in [0.5, 0.6) is 0 Å². The van der Waals surface area contributed by atoms with Crippen molar-refractivity contribution >= 4 is 46.6 Å². The maximum atomic E-state index is 12.9. The van der Waals surface area contributed by atoms with Crippen LogP contribution in [0.3, 0.4) is 0 Å². The highest BCUT2D eigenvalue weighted by atomic mass is 35.5. The number of rotatable bonds is 5. The second-order valence-electron chi connectivity index (χ2n) is 9.18. The standard InChI is InChI=1S/C30H24Cl2N4O4/c1-17-26-24(33-34-28(37)20-12-10-19(11-13-20)18-6-3-2-4-7-18)8-5-9-25(26)40-27(17)30(39)36-35-29(38)22-15-14-21(31)16-23(22)32/h2-4,6-7,10-16H,5,8-9H2,1H3,(H,34,37)(H,35,38)(H,36,39)/b33-24+. The third-order valence-electron chi connectivity index (χ3n) is 6.54. The molecule has 8 nitrogen and oxygen atoms in total. The predicted molar refractivity (Wildman–Crippen MR) is 154 cm³/mol. The van der Waals surface area contributed by atoms with Crippen molar-refractivity contribution in [3.05, 3.63) is 117 Å². The van der Waals surface area contributed by atoms with E-state index >= 15 is 0 Å². The van der Waals surface area contributed by atoms with Crippen molar-refractivity contribution in [3.63, 3.8) is 0 Å². The molecule has 3 amide bonds. The number of hydrazine groups is 1. The molecule has 0 unspecified atom stereocenters. The molecule has 1 aromatic heterocycles. The maximum absolute atomic E-state index is 12.9. The lowest BCUT2D eigenvalue weighted by atomic mass is 9.93. The molecule has 0 saturated heterocycles. The number of carbonyl (C=O) groups excluding carboxylic acids is 3. The van der Waals surface area contributed by atoms with Crippen LogP contribution >= 0.6 is 23.2 Å². The number of furan rings is 1. The van der Waals surface area contributed by atoms with Gasteiger partial charge in [-0.3, -0.25) is 25.2 Å². The molecule has 0 aliphatic heterocycles. The van der Waals surface area contributed by atoms with Crippen molar-refractivity contribution in [2.45, 2.75) is 26.2 Å². The molecule has 0 saturated carbocycles. The lowest BCUT2D eigenvalue weighted by molar-refractivity contribution is 0.0829. The Hall–Kier alpha value is -4.40. The van der Waals surface area contributed by atoms with Gasteiger partial charge < -0.3 is 4.42 Å². The molecule has 3 N–H and O–H groups in total. The van der Waals surface area contributed by atoms with Crippen LogP contribution in [0.1, 0.15) is 61.0 Å². The van der Waals surface area contributed by atoms with E-state index in [4.69, 9.17) is 27.6 Å². The summed E-state index contributed by atoms with van der Waals surface area (Å²) in [7, 11) is 0. The van der Waals surface area contributed by atoms with Crippen LogP contribution in [0, 0.1) is 6.92 Å². The Bertz CT molecular complexity index is 1630. The number of carbonyl (C=O) groups is 3. The second kappa shape index (κ2) is 11.8. The largest absolute Gasteiger partial charge is 0.455 e. The predicted octanol–water partition coefficient (Wildman–Crippen LogP) is 6.11. The van der Waals surface area contributed by atoms with E-state index in [1.807, 2.05) is 42.5 Å². The Kier molecular flexibility index (Phi) is 8.00. The van der Waals surface area contributed by atoms with E-state index in [0.29, 0.717) is 46.0 Å². The summed E-state index contributed by atoms with van der Waals surface area (Å²) in [6.07, 6.45) is 1.96. The molecule has 0 atom stereocenters. The summed E-state index contributed by atoms with van der Waals surface area (Å²) < 4.78 is 5.85. The minimum Gasteiger partial charge on any atom is -0.455 e. The van der Waals surface area contributed by atoms with Gasteiger partial charge >= 0.3 is 5.91 Å². The molecule has 0 fully saturated rings. The number of hydrogen-bond donors (Lipinski definition) is 3. The molecule has 202 valence electrons. The number of nitrogens with zero attached hydrogens (tertiary/aromatic N) is 1. The van der Waals surface area contributed by atoms with E-state index in [0.717, 1.165) is 17.5 Å². The fourth-order valence-corrected chi connectivity index (χ4v) is 5.03. The zero-order chi connectivity index (χ0) is 28.2. The van der Waals surface area contributed by atoms with Crippen LogP contribution in [-0.4, -0.2) is 23.4 Å². The topological polar surface area (TPSA) is 113 Å².